The van der Waals surface area contributed by atoms with E-state index in [1.54, 1.807) is 11.3 Å². The van der Waals surface area contributed by atoms with Gasteiger partial charge in [0.05, 0.1) is 21.9 Å². The molecule has 2 aliphatic heterocycles. The maximum Gasteiger partial charge on any atom is 0.265 e. The van der Waals surface area contributed by atoms with E-state index >= 15 is 0 Å². The maximum absolute atomic E-state index is 13.1. The number of para-hydroxylation sites is 3. The Bertz CT molecular complexity index is 1030. The Morgan fingerprint density at radius 1 is 1.18 bits per heavy atom. The lowest BCUT2D eigenvalue weighted by atomic mass is 10.2. The fourth-order valence-corrected chi connectivity index (χ4v) is 5.02. The third kappa shape index (κ3) is 2.92. The van der Waals surface area contributed by atoms with Crippen molar-refractivity contribution in [3.8, 4) is 5.75 Å². The Kier molecular flexibility index (Phi) is 4.24. The topological polar surface area (TPSA) is 62.7 Å². The fraction of sp³-hybridized carbons (Fsp3) is 0.286. The largest absolute Gasteiger partial charge is 0.482 e. The number of amides is 2. The molecule has 6 nitrogen and oxygen atoms in total. The smallest absolute Gasteiger partial charge is 0.265 e. The van der Waals surface area contributed by atoms with Gasteiger partial charge in [0, 0.05) is 6.54 Å². The molecule has 1 saturated heterocycles. The fourth-order valence-electron chi connectivity index (χ4n) is 3.91. The molecule has 1 atom stereocenters. The van der Waals surface area contributed by atoms with E-state index in [4.69, 9.17) is 9.72 Å². The van der Waals surface area contributed by atoms with Crippen molar-refractivity contribution >= 4 is 39.1 Å². The molecule has 0 unspecified atom stereocenters. The number of likely N-dealkylation sites (tertiary alicyclic amines) is 1. The molecule has 0 aliphatic carbocycles. The number of aromatic nitrogens is 1. The van der Waals surface area contributed by atoms with E-state index in [1.165, 1.54) is 4.90 Å². The SMILES string of the molecule is O=C1COc2ccccc2N1CC(=O)N1CCC[C@H]1c1nc2ccccc2s1. The summed E-state index contributed by atoms with van der Waals surface area (Å²) in [5.74, 6) is 0.397. The molecule has 5 rings (SSSR count). The van der Waals surface area contributed by atoms with E-state index < -0.39 is 0 Å². The van der Waals surface area contributed by atoms with Crippen LogP contribution in [0.3, 0.4) is 0 Å². The zero-order chi connectivity index (χ0) is 19.1. The highest BCUT2D eigenvalue weighted by Gasteiger charge is 2.35. The van der Waals surface area contributed by atoms with Crippen LogP contribution < -0.4 is 9.64 Å². The molecule has 3 aromatic rings. The van der Waals surface area contributed by atoms with Crippen LogP contribution in [-0.4, -0.2) is 41.4 Å². The Morgan fingerprint density at radius 3 is 2.89 bits per heavy atom. The first kappa shape index (κ1) is 17.2. The number of hydrogen-bond acceptors (Lipinski definition) is 5. The second kappa shape index (κ2) is 6.91. The lowest BCUT2D eigenvalue weighted by Crippen LogP contribution is -2.46. The molecule has 142 valence electrons. The number of benzene rings is 2. The van der Waals surface area contributed by atoms with Crippen LogP contribution in [0.2, 0.25) is 0 Å². The summed E-state index contributed by atoms with van der Waals surface area (Å²) >= 11 is 1.65. The minimum absolute atomic E-state index is 0.0173. The van der Waals surface area contributed by atoms with E-state index in [1.807, 2.05) is 47.4 Å². The second-order valence-electron chi connectivity index (χ2n) is 7.00. The predicted molar refractivity (Wildman–Crippen MR) is 108 cm³/mol. The van der Waals surface area contributed by atoms with Crippen LogP contribution in [0.5, 0.6) is 5.75 Å². The normalized spacial score (nSPS) is 19.0. The minimum Gasteiger partial charge on any atom is -0.482 e. The van der Waals surface area contributed by atoms with Crippen molar-refractivity contribution in [2.24, 2.45) is 0 Å². The van der Waals surface area contributed by atoms with Gasteiger partial charge < -0.3 is 9.64 Å². The van der Waals surface area contributed by atoms with Crippen LogP contribution in [0.1, 0.15) is 23.9 Å². The Balaban J connectivity index is 1.39. The highest BCUT2D eigenvalue weighted by atomic mass is 32.1. The average molecular weight is 393 g/mol. The zero-order valence-corrected chi connectivity index (χ0v) is 16.0. The monoisotopic (exact) mass is 393 g/mol. The molecule has 1 aromatic heterocycles. The maximum atomic E-state index is 13.1. The van der Waals surface area contributed by atoms with E-state index in [0.29, 0.717) is 18.0 Å². The van der Waals surface area contributed by atoms with Crippen molar-refractivity contribution in [1.29, 1.82) is 0 Å². The summed E-state index contributed by atoms with van der Waals surface area (Å²) in [6.45, 7) is 0.686. The standard InChI is InChI=1S/C21H19N3O3S/c25-19(12-24-15-7-2-3-9-17(15)27-13-20(24)26)23-11-5-8-16(23)21-22-14-6-1-4-10-18(14)28-21/h1-4,6-7,9-10,16H,5,8,11-13H2/t16-/m0/s1. The van der Waals surface area contributed by atoms with Crippen molar-refractivity contribution in [2.45, 2.75) is 18.9 Å². The molecular weight excluding hydrogens is 374 g/mol. The van der Waals surface area contributed by atoms with Crippen LogP contribution in [0.15, 0.2) is 48.5 Å². The van der Waals surface area contributed by atoms with Gasteiger partial charge in [-0.05, 0) is 37.1 Å². The number of carbonyl (C=O) groups is 2. The van der Waals surface area contributed by atoms with Gasteiger partial charge in [0.1, 0.15) is 17.3 Å². The summed E-state index contributed by atoms with van der Waals surface area (Å²) in [4.78, 5) is 33.7. The molecule has 0 bridgehead atoms. The highest BCUT2D eigenvalue weighted by molar-refractivity contribution is 7.18. The minimum atomic E-state index is -0.192. The van der Waals surface area contributed by atoms with E-state index in [0.717, 1.165) is 28.1 Å². The summed E-state index contributed by atoms with van der Waals surface area (Å²) in [5, 5.41) is 0.973. The average Bonchev–Trinajstić information content (AvgIpc) is 3.36. The summed E-state index contributed by atoms with van der Waals surface area (Å²) in [7, 11) is 0. The molecule has 28 heavy (non-hydrogen) atoms. The Labute approximate surface area is 166 Å². The van der Waals surface area contributed by atoms with E-state index in [-0.39, 0.29) is 31.0 Å². The first-order valence-corrected chi connectivity index (χ1v) is 10.2. The summed E-state index contributed by atoms with van der Waals surface area (Å²) in [5.41, 5.74) is 1.63. The van der Waals surface area contributed by atoms with Crippen molar-refractivity contribution < 1.29 is 14.3 Å². The van der Waals surface area contributed by atoms with Gasteiger partial charge in [-0.3, -0.25) is 14.5 Å². The van der Waals surface area contributed by atoms with Crippen molar-refractivity contribution in [2.75, 3.05) is 24.6 Å². The van der Waals surface area contributed by atoms with Crippen LogP contribution in [0, 0.1) is 0 Å². The summed E-state index contributed by atoms with van der Waals surface area (Å²) < 4.78 is 6.61. The third-order valence-corrected chi connectivity index (χ3v) is 6.41. The highest BCUT2D eigenvalue weighted by Crippen LogP contribution is 2.37. The number of thiazole rings is 1. The quantitative estimate of drug-likeness (QED) is 0.684. The van der Waals surface area contributed by atoms with E-state index in [2.05, 4.69) is 6.07 Å². The number of fused-ring (bicyclic) bond motifs is 2. The van der Waals surface area contributed by atoms with Crippen LogP contribution in [0.25, 0.3) is 10.2 Å². The van der Waals surface area contributed by atoms with E-state index in [9.17, 15) is 9.59 Å². The van der Waals surface area contributed by atoms with Crippen molar-refractivity contribution in [1.82, 2.24) is 9.88 Å². The number of anilines is 1. The number of ether oxygens (including phenoxy) is 1. The predicted octanol–water partition coefficient (Wildman–Crippen LogP) is 3.39. The number of carbonyl (C=O) groups excluding carboxylic acids is 2. The Morgan fingerprint density at radius 2 is 2.00 bits per heavy atom. The van der Waals surface area contributed by atoms with Gasteiger partial charge >= 0.3 is 0 Å². The molecule has 0 saturated carbocycles. The summed E-state index contributed by atoms with van der Waals surface area (Å²) in [6.07, 6.45) is 1.85. The van der Waals surface area contributed by atoms with Crippen molar-refractivity contribution in [3.63, 3.8) is 0 Å². The molecule has 0 spiro atoms. The lowest BCUT2D eigenvalue weighted by molar-refractivity contribution is -0.132. The molecule has 0 radical (unpaired) electrons. The van der Waals surface area contributed by atoms with Crippen LogP contribution in [0.4, 0.5) is 5.69 Å². The molecule has 1 fully saturated rings. The molecule has 7 heteroatoms. The molecular formula is C21H19N3O3S. The van der Waals surface area contributed by atoms with Gasteiger partial charge in [-0.1, -0.05) is 24.3 Å². The number of nitrogens with zero attached hydrogens (tertiary/aromatic N) is 3. The van der Waals surface area contributed by atoms with Crippen molar-refractivity contribution in [3.05, 3.63) is 53.5 Å². The second-order valence-corrected chi connectivity index (χ2v) is 8.06. The van der Waals surface area contributed by atoms with Crippen LogP contribution >= 0.6 is 11.3 Å². The van der Waals surface area contributed by atoms with Crippen LogP contribution in [-0.2, 0) is 9.59 Å². The van der Waals surface area contributed by atoms with Gasteiger partial charge in [-0.2, -0.15) is 0 Å². The number of rotatable bonds is 3. The number of hydrogen-bond donors (Lipinski definition) is 0. The van der Waals surface area contributed by atoms with Gasteiger partial charge in [-0.25, -0.2) is 4.98 Å². The lowest BCUT2D eigenvalue weighted by Gasteiger charge is -2.31. The van der Waals surface area contributed by atoms with Gasteiger partial charge in [0.15, 0.2) is 6.61 Å². The van der Waals surface area contributed by atoms with Gasteiger partial charge in [-0.15, -0.1) is 11.3 Å². The first-order chi connectivity index (χ1) is 13.7. The third-order valence-electron chi connectivity index (χ3n) is 5.27. The summed E-state index contributed by atoms with van der Waals surface area (Å²) in [6, 6.07) is 15.4. The molecule has 3 heterocycles. The first-order valence-electron chi connectivity index (χ1n) is 9.38. The van der Waals surface area contributed by atoms with Gasteiger partial charge in [0.2, 0.25) is 5.91 Å². The molecule has 0 N–H and O–H groups in total. The molecule has 2 aliphatic rings. The Hall–Kier alpha value is -2.93. The molecule has 2 amide bonds. The zero-order valence-electron chi connectivity index (χ0n) is 15.2. The molecule has 2 aromatic carbocycles. The van der Waals surface area contributed by atoms with Gasteiger partial charge in [0.25, 0.3) is 5.91 Å².